The summed E-state index contributed by atoms with van der Waals surface area (Å²) in [7, 11) is 0. The van der Waals surface area contributed by atoms with Gasteiger partial charge in [0.1, 0.15) is 33.3 Å². The lowest BCUT2D eigenvalue weighted by atomic mass is 10.2. The van der Waals surface area contributed by atoms with E-state index in [1.807, 2.05) is 54.6 Å². The highest BCUT2D eigenvalue weighted by atomic mass is 127. The van der Waals surface area contributed by atoms with Gasteiger partial charge in [-0.1, -0.05) is 18.2 Å². The molecular formula is C24H23IN8O. The Morgan fingerprint density at radius 2 is 2.06 bits per heavy atom. The second-order valence-corrected chi connectivity index (χ2v) is 9.75. The monoisotopic (exact) mass is 566 g/mol. The van der Waals surface area contributed by atoms with Crippen molar-refractivity contribution in [3.8, 4) is 0 Å². The van der Waals surface area contributed by atoms with Gasteiger partial charge in [-0.05, 0) is 54.8 Å². The van der Waals surface area contributed by atoms with Gasteiger partial charge in [0.25, 0.3) is 5.91 Å². The number of benzene rings is 1. The van der Waals surface area contributed by atoms with Gasteiger partial charge in [-0.3, -0.25) is 12.9 Å². The normalized spacial score (nSPS) is 15.2. The maximum absolute atomic E-state index is 12.8. The number of allylic oxidation sites excluding steroid dienone is 1. The molecule has 34 heavy (non-hydrogen) atoms. The molecule has 0 atom stereocenters. The van der Waals surface area contributed by atoms with Crippen LogP contribution in [0.1, 0.15) is 28.9 Å². The van der Waals surface area contributed by atoms with Gasteiger partial charge in [-0.15, -0.1) is 0 Å². The van der Waals surface area contributed by atoms with E-state index in [9.17, 15) is 4.79 Å². The van der Waals surface area contributed by atoms with E-state index in [-0.39, 0.29) is 5.91 Å². The summed E-state index contributed by atoms with van der Waals surface area (Å²) in [5.41, 5.74) is 10.2. The second kappa shape index (κ2) is 10.6. The van der Waals surface area contributed by atoms with Crippen molar-refractivity contribution in [3.63, 3.8) is 0 Å². The number of aromatic nitrogens is 2. The third kappa shape index (κ3) is 5.88. The van der Waals surface area contributed by atoms with Gasteiger partial charge in [0.15, 0.2) is 5.82 Å². The number of amides is 1. The minimum absolute atomic E-state index is 0.242. The Morgan fingerprint density at radius 3 is 2.91 bits per heavy atom. The molecule has 0 spiro atoms. The molecular weight excluding hydrogens is 543 g/mol. The Balaban J connectivity index is 1.16. The first-order valence-electron chi connectivity index (χ1n) is 10.9. The van der Waals surface area contributed by atoms with Gasteiger partial charge in [-0.2, -0.15) is 0 Å². The molecule has 0 unspecified atom stereocenters. The highest BCUT2D eigenvalue weighted by molar-refractivity contribution is 14.2. The predicted molar refractivity (Wildman–Crippen MR) is 141 cm³/mol. The van der Waals surface area contributed by atoms with E-state index in [1.54, 1.807) is 18.7 Å². The van der Waals surface area contributed by atoms with E-state index in [2.05, 4.69) is 40.4 Å². The molecule has 1 aliphatic heterocycles. The highest BCUT2D eigenvalue weighted by Gasteiger charge is 2.29. The summed E-state index contributed by atoms with van der Waals surface area (Å²) in [6, 6.07) is 16.9. The van der Waals surface area contributed by atoms with Crippen molar-refractivity contribution in [1.29, 1.82) is 0 Å². The van der Waals surface area contributed by atoms with E-state index in [1.165, 1.54) is 18.5 Å². The Kier molecular flexibility index (Phi) is 6.96. The Labute approximate surface area is 207 Å². The van der Waals surface area contributed by atoms with Crippen LogP contribution < -0.4 is 19.3 Å². The van der Waals surface area contributed by atoms with Crippen LogP contribution >= 0.6 is 21.3 Å². The minimum atomic E-state index is -0.465. The number of halogens is 1. The molecule has 1 fully saturated rings. The van der Waals surface area contributed by atoms with Gasteiger partial charge in [-0.25, -0.2) is 18.5 Å². The molecule has 0 saturated heterocycles. The number of hydrogen-bond acceptors (Lipinski definition) is 7. The SMILES string of the molecule is O=C(Nc1cccc(CNNC=Nc2ccccn2)c1)c1cc(N2C=C(C3CC3)N=I2)ccn1. The molecule has 5 rings (SSSR count). The summed E-state index contributed by atoms with van der Waals surface area (Å²) in [5.74, 6) is 1.02. The van der Waals surface area contributed by atoms with Crippen molar-refractivity contribution in [1.82, 2.24) is 20.8 Å². The fourth-order valence-corrected chi connectivity index (χ4v) is 5.23. The lowest BCUT2D eigenvalue weighted by Gasteiger charge is -2.12. The van der Waals surface area contributed by atoms with Crippen molar-refractivity contribution in [2.45, 2.75) is 19.4 Å². The summed E-state index contributed by atoms with van der Waals surface area (Å²) >= 11 is -0.465. The zero-order valence-corrected chi connectivity index (χ0v) is 20.4. The Hall–Kier alpha value is -3.51. The molecule has 1 amide bonds. The smallest absolute Gasteiger partial charge is 0.274 e. The maximum Gasteiger partial charge on any atom is 0.274 e. The number of hydrogen-bond donors (Lipinski definition) is 3. The summed E-state index contributed by atoms with van der Waals surface area (Å²) in [6.07, 6.45) is 9.52. The average molecular weight is 566 g/mol. The lowest BCUT2D eigenvalue weighted by Crippen LogP contribution is -2.29. The van der Waals surface area contributed by atoms with Gasteiger partial charge in [0, 0.05) is 36.7 Å². The molecule has 3 N–H and O–H groups in total. The quantitative estimate of drug-likeness (QED) is 0.0857. The zero-order chi connectivity index (χ0) is 23.2. The zero-order valence-electron chi connectivity index (χ0n) is 18.2. The van der Waals surface area contributed by atoms with E-state index < -0.39 is 21.3 Å². The van der Waals surface area contributed by atoms with Crippen molar-refractivity contribution >= 4 is 50.7 Å². The molecule has 1 aliphatic carbocycles. The van der Waals surface area contributed by atoms with Crippen molar-refractivity contribution in [3.05, 3.63) is 90.1 Å². The van der Waals surface area contributed by atoms with Crippen LogP contribution in [-0.2, 0) is 6.54 Å². The van der Waals surface area contributed by atoms with Crippen LogP contribution in [0.3, 0.4) is 0 Å². The predicted octanol–water partition coefficient (Wildman–Crippen LogP) is 4.82. The topological polar surface area (TPSA) is 107 Å². The molecule has 10 heteroatoms. The summed E-state index contributed by atoms with van der Waals surface area (Å²) in [5, 5.41) is 2.94. The molecule has 2 aromatic heterocycles. The third-order valence-electron chi connectivity index (χ3n) is 5.17. The van der Waals surface area contributed by atoms with Gasteiger partial charge < -0.3 is 10.7 Å². The number of carbonyl (C=O) groups excluding carboxylic acids is 1. The van der Waals surface area contributed by atoms with Crippen LogP contribution in [0.2, 0.25) is 0 Å². The Morgan fingerprint density at radius 1 is 1.12 bits per heavy atom. The number of aliphatic imine (C=N–C) groups is 1. The van der Waals surface area contributed by atoms with Crippen LogP contribution in [0, 0.1) is 5.92 Å². The van der Waals surface area contributed by atoms with E-state index in [0.29, 0.717) is 29.7 Å². The first kappa shape index (κ1) is 22.3. The summed E-state index contributed by atoms with van der Waals surface area (Å²) in [4.78, 5) is 25.4. The summed E-state index contributed by atoms with van der Waals surface area (Å²) < 4.78 is 6.88. The minimum Gasteiger partial charge on any atom is -0.321 e. The highest BCUT2D eigenvalue weighted by Crippen LogP contribution is 2.43. The molecule has 3 heterocycles. The molecule has 2 aliphatic rings. The van der Waals surface area contributed by atoms with Crippen LogP contribution in [0.25, 0.3) is 0 Å². The number of nitrogens with one attached hydrogen (secondary N) is 3. The van der Waals surface area contributed by atoms with Gasteiger partial charge in [0.05, 0.1) is 11.4 Å². The van der Waals surface area contributed by atoms with Gasteiger partial charge in [0.2, 0.25) is 0 Å². The standard InChI is InChI=1S/C24H23IN8O/c34-24(21-13-20(9-11-26-21)33-15-22(32-25-33)18-7-8-18)31-19-5-3-4-17(12-19)14-29-30-16-28-23-6-1-2-10-27-23/h1-6,9-13,15-16,18,29H,7-8,14H2,(H,31,34)(H,27,28,30). The number of rotatable bonds is 9. The van der Waals surface area contributed by atoms with Crippen LogP contribution in [0.15, 0.2) is 87.0 Å². The number of hydrazine groups is 1. The van der Waals surface area contributed by atoms with Gasteiger partial charge >= 0.3 is 0 Å². The number of pyridine rings is 2. The fourth-order valence-electron chi connectivity index (χ4n) is 3.27. The second-order valence-electron chi connectivity index (χ2n) is 7.80. The first-order valence-corrected chi connectivity index (χ1v) is 12.8. The molecule has 0 bridgehead atoms. The summed E-state index contributed by atoms with van der Waals surface area (Å²) in [6.45, 7) is 0.545. The van der Waals surface area contributed by atoms with Crippen molar-refractivity contribution < 1.29 is 4.79 Å². The maximum atomic E-state index is 12.8. The van der Waals surface area contributed by atoms with Crippen LogP contribution in [0.4, 0.5) is 17.2 Å². The number of nitrogens with zero attached hydrogens (tertiary/aromatic N) is 5. The molecule has 0 radical (unpaired) electrons. The molecule has 172 valence electrons. The molecule has 9 nitrogen and oxygen atoms in total. The van der Waals surface area contributed by atoms with Crippen molar-refractivity contribution in [2.75, 3.05) is 8.43 Å². The largest absolute Gasteiger partial charge is 0.321 e. The van der Waals surface area contributed by atoms with Crippen LogP contribution in [0.5, 0.6) is 0 Å². The van der Waals surface area contributed by atoms with E-state index in [0.717, 1.165) is 11.3 Å². The van der Waals surface area contributed by atoms with E-state index in [4.69, 9.17) is 3.15 Å². The molecule has 3 aromatic rings. The lowest BCUT2D eigenvalue weighted by molar-refractivity contribution is 0.102. The van der Waals surface area contributed by atoms with Crippen LogP contribution in [-0.4, -0.2) is 22.2 Å². The Bertz CT molecular complexity index is 1260. The average Bonchev–Trinajstić information content (AvgIpc) is 3.61. The number of anilines is 2. The van der Waals surface area contributed by atoms with Crippen molar-refractivity contribution in [2.24, 2.45) is 14.1 Å². The first-order chi connectivity index (χ1) is 16.7. The van der Waals surface area contributed by atoms with E-state index >= 15 is 0 Å². The third-order valence-corrected chi connectivity index (χ3v) is 7.24. The molecule has 1 aromatic carbocycles. The fraction of sp³-hybridized carbons (Fsp3) is 0.167. The molecule has 1 saturated carbocycles. The number of carbonyl (C=O) groups is 1.